The smallest absolute Gasteiger partial charge is 0.123 e. The van der Waals surface area contributed by atoms with Gasteiger partial charge in [-0.05, 0) is 49.5 Å². The van der Waals surface area contributed by atoms with E-state index < -0.39 is 0 Å². The summed E-state index contributed by atoms with van der Waals surface area (Å²) in [7, 11) is 0. The maximum atomic E-state index is 12.6. The van der Waals surface area contributed by atoms with E-state index in [2.05, 4.69) is 17.5 Å². The van der Waals surface area contributed by atoms with Crippen LogP contribution in [0.25, 0.3) is 6.08 Å². The molecule has 1 fully saturated rings. The average molecular weight is 205 g/mol. The summed E-state index contributed by atoms with van der Waals surface area (Å²) in [5.41, 5.74) is 1.07. The molecule has 0 radical (unpaired) electrons. The number of rotatable bonds is 3. The van der Waals surface area contributed by atoms with E-state index >= 15 is 0 Å². The lowest BCUT2D eigenvalue weighted by Crippen LogP contribution is -2.08. The Balaban J connectivity index is 1.85. The third-order valence-corrected chi connectivity index (χ3v) is 2.81. The van der Waals surface area contributed by atoms with Crippen molar-refractivity contribution in [3.63, 3.8) is 0 Å². The van der Waals surface area contributed by atoms with Crippen LogP contribution in [-0.2, 0) is 0 Å². The topological polar surface area (TPSA) is 12.0 Å². The second-order valence-electron chi connectivity index (χ2n) is 4.05. The van der Waals surface area contributed by atoms with Crippen LogP contribution in [0, 0.1) is 11.7 Å². The molecule has 0 aliphatic carbocycles. The molecule has 2 heteroatoms. The largest absolute Gasteiger partial charge is 0.316 e. The van der Waals surface area contributed by atoms with Gasteiger partial charge in [0.2, 0.25) is 0 Å². The van der Waals surface area contributed by atoms with Crippen LogP contribution >= 0.6 is 0 Å². The fourth-order valence-electron chi connectivity index (χ4n) is 1.89. The van der Waals surface area contributed by atoms with E-state index in [1.165, 1.54) is 18.6 Å². The zero-order valence-corrected chi connectivity index (χ0v) is 8.75. The molecule has 0 spiro atoms. The van der Waals surface area contributed by atoms with Gasteiger partial charge in [-0.25, -0.2) is 4.39 Å². The highest BCUT2D eigenvalue weighted by molar-refractivity contribution is 5.48. The molecule has 1 unspecified atom stereocenters. The molecule has 1 nitrogen and oxygen atoms in total. The van der Waals surface area contributed by atoms with E-state index in [1.807, 2.05) is 0 Å². The first-order valence-electron chi connectivity index (χ1n) is 5.47. The van der Waals surface area contributed by atoms with Crippen molar-refractivity contribution in [1.29, 1.82) is 0 Å². The molecule has 1 aromatic carbocycles. The highest BCUT2D eigenvalue weighted by Crippen LogP contribution is 2.14. The van der Waals surface area contributed by atoms with E-state index in [0.29, 0.717) is 0 Å². The molecular formula is C13H16FN. The first-order valence-corrected chi connectivity index (χ1v) is 5.47. The van der Waals surface area contributed by atoms with E-state index in [0.717, 1.165) is 31.0 Å². The lowest BCUT2D eigenvalue weighted by molar-refractivity contribution is 0.594. The number of halogens is 1. The van der Waals surface area contributed by atoms with E-state index in [4.69, 9.17) is 0 Å². The fourth-order valence-corrected chi connectivity index (χ4v) is 1.89. The van der Waals surface area contributed by atoms with Gasteiger partial charge in [0.05, 0.1) is 0 Å². The standard InChI is InChI=1S/C13H16FN/c14-13-6-4-11(5-7-13)2-1-3-12-8-9-15-10-12/h1-2,4-7,12,15H,3,8-10H2/b2-1+. The molecule has 0 bridgehead atoms. The summed E-state index contributed by atoms with van der Waals surface area (Å²) in [5.74, 6) is 0.605. The van der Waals surface area contributed by atoms with Crippen molar-refractivity contribution in [2.75, 3.05) is 13.1 Å². The van der Waals surface area contributed by atoms with E-state index in [-0.39, 0.29) is 5.82 Å². The van der Waals surface area contributed by atoms with Gasteiger partial charge in [0.15, 0.2) is 0 Å². The van der Waals surface area contributed by atoms with Gasteiger partial charge >= 0.3 is 0 Å². The number of hydrogen-bond acceptors (Lipinski definition) is 1. The molecule has 1 N–H and O–H groups in total. The molecule has 0 aromatic heterocycles. The van der Waals surface area contributed by atoms with Gasteiger partial charge in [0, 0.05) is 0 Å². The van der Waals surface area contributed by atoms with Crippen molar-refractivity contribution in [2.24, 2.45) is 5.92 Å². The van der Waals surface area contributed by atoms with Crippen LogP contribution in [0.5, 0.6) is 0 Å². The summed E-state index contributed by atoms with van der Waals surface area (Å²) in [6.45, 7) is 2.28. The SMILES string of the molecule is Fc1ccc(/C=C/CC2CCNC2)cc1. The summed E-state index contributed by atoms with van der Waals surface area (Å²) in [5, 5.41) is 3.34. The highest BCUT2D eigenvalue weighted by atomic mass is 19.1. The van der Waals surface area contributed by atoms with Crippen molar-refractivity contribution in [3.05, 3.63) is 41.7 Å². The summed E-state index contributed by atoms with van der Waals surface area (Å²) in [6.07, 6.45) is 6.64. The first-order chi connectivity index (χ1) is 7.34. The molecule has 1 aromatic rings. The van der Waals surface area contributed by atoms with Gasteiger partial charge in [-0.1, -0.05) is 24.3 Å². The van der Waals surface area contributed by atoms with Crippen molar-refractivity contribution in [3.8, 4) is 0 Å². The number of nitrogens with one attached hydrogen (secondary N) is 1. The Morgan fingerprint density at radius 2 is 2.13 bits per heavy atom. The fraction of sp³-hybridized carbons (Fsp3) is 0.385. The molecule has 1 heterocycles. The highest BCUT2D eigenvalue weighted by Gasteiger charge is 2.11. The molecule has 15 heavy (non-hydrogen) atoms. The third kappa shape index (κ3) is 3.17. The number of hydrogen-bond donors (Lipinski definition) is 1. The van der Waals surface area contributed by atoms with Crippen LogP contribution in [0.15, 0.2) is 30.3 Å². The Morgan fingerprint density at radius 3 is 2.80 bits per heavy atom. The lowest BCUT2D eigenvalue weighted by atomic mass is 10.0. The minimum Gasteiger partial charge on any atom is -0.316 e. The predicted molar refractivity (Wildman–Crippen MR) is 61.0 cm³/mol. The minimum atomic E-state index is -0.174. The predicted octanol–water partition coefficient (Wildman–Crippen LogP) is 2.84. The van der Waals surface area contributed by atoms with Crippen molar-refractivity contribution >= 4 is 6.08 Å². The Morgan fingerprint density at radius 1 is 1.33 bits per heavy atom. The molecular weight excluding hydrogens is 189 g/mol. The molecule has 0 amide bonds. The molecule has 80 valence electrons. The quantitative estimate of drug-likeness (QED) is 0.800. The van der Waals surface area contributed by atoms with Crippen molar-refractivity contribution in [1.82, 2.24) is 5.32 Å². The van der Waals surface area contributed by atoms with Gasteiger partial charge < -0.3 is 5.32 Å². The lowest BCUT2D eigenvalue weighted by Gasteiger charge is -2.02. The van der Waals surface area contributed by atoms with E-state index in [9.17, 15) is 4.39 Å². The summed E-state index contributed by atoms with van der Waals surface area (Å²) in [4.78, 5) is 0. The van der Waals surface area contributed by atoms with Gasteiger partial charge in [-0.3, -0.25) is 0 Å². The molecule has 1 aliphatic rings. The van der Waals surface area contributed by atoms with E-state index in [1.54, 1.807) is 12.1 Å². The Labute approximate surface area is 90.0 Å². The minimum absolute atomic E-state index is 0.174. The van der Waals surface area contributed by atoms with Crippen LogP contribution in [0.4, 0.5) is 4.39 Å². The molecule has 0 saturated carbocycles. The normalized spacial score (nSPS) is 21.3. The Kier molecular flexibility index (Phi) is 3.51. The number of allylic oxidation sites excluding steroid dienone is 1. The molecule has 2 rings (SSSR count). The maximum Gasteiger partial charge on any atom is 0.123 e. The van der Waals surface area contributed by atoms with Crippen molar-refractivity contribution < 1.29 is 4.39 Å². The van der Waals surface area contributed by atoms with Crippen LogP contribution in [0.3, 0.4) is 0 Å². The summed E-state index contributed by atoms with van der Waals surface area (Å²) < 4.78 is 12.6. The van der Waals surface area contributed by atoms with Crippen LogP contribution in [-0.4, -0.2) is 13.1 Å². The van der Waals surface area contributed by atoms with Gasteiger partial charge in [-0.2, -0.15) is 0 Å². The van der Waals surface area contributed by atoms with Gasteiger partial charge in [-0.15, -0.1) is 0 Å². The van der Waals surface area contributed by atoms with Crippen LogP contribution < -0.4 is 5.32 Å². The second-order valence-corrected chi connectivity index (χ2v) is 4.05. The van der Waals surface area contributed by atoms with Gasteiger partial charge in [0.1, 0.15) is 5.82 Å². The Hall–Kier alpha value is -1.15. The van der Waals surface area contributed by atoms with Crippen LogP contribution in [0.2, 0.25) is 0 Å². The number of benzene rings is 1. The monoisotopic (exact) mass is 205 g/mol. The second kappa shape index (κ2) is 5.08. The molecule has 1 aliphatic heterocycles. The summed E-state index contributed by atoms with van der Waals surface area (Å²) >= 11 is 0. The van der Waals surface area contributed by atoms with Crippen LogP contribution in [0.1, 0.15) is 18.4 Å². The maximum absolute atomic E-state index is 12.6. The third-order valence-electron chi connectivity index (χ3n) is 2.81. The average Bonchev–Trinajstić information content (AvgIpc) is 2.74. The Bertz CT molecular complexity index is 323. The zero-order chi connectivity index (χ0) is 10.5. The molecule has 1 saturated heterocycles. The first kappa shape index (κ1) is 10.4. The van der Waals surface area contributed by atoms with Crippen molar-refractivity contribution in [2.45, 2.75) is 12.8 Å². The molecule has 1 atom stereocenters. The summed E-state index contributed by atoms with van der Waals surface area (Å²) in [6, 6.07) is 6.60. The zero-order valence-electron chi connectivity index (χ0n) is 8.75. The van der Waals surface area contributed by atoms with Gasteiger partial charge in [0.25, 0.3) is 0 Å².